The molecule has 0 bridgehead atoms. The summed E-state index contributed by atoms with van der Waals surface area (Å²) in [5.41, 5.74) is 6.76. The predicted octanol–water partition coefficient (Wildman–Crippen LogP) is 5.51. The van der Waals surface area contributed by atoms with E-state index in [-0.39, 0.29) is 5.75 Å². The van der Waals surface area contributed by atoms with Crippen molar-refractivity contribution in [3.8, 4) is 17.2 Å². The quantitative estimate of drug-likeness (QED) is 0.257. The molecule has 1 aliphatic rings. The number of likely N-dealkylation sites (N-methyl/N-ethyl adjacent to an activating group) is 1. The first-order valence-corrected chi connectivity index (χ1v) is 11.5. The summed E-state index contributed by atoms with van der Waals surface area (Å²) >= 11 is 6.28. The lowest BCUT2D eigenvalue weighted by atomic mass is 9.87. The van der Waals surface area contributed by atoms with E-state index in [1.807, 2.05) is 31.3 Å². The average molecular weight is 450 g/mol. The molecule has 4 nitrogen and oxygen atoms in total. The molecule has 2 N–H and O–H groups in total. The zero-order valence-electron chi connectivity index (χ0n) is 18.2. The molecule has 1 heterocycles. The highest BCUT2D eigenvalue weighted by Crippen LogP contribution is 2.38. The molecule has 0 aliphatic carbocycles. The highest BCUT2D eigenvalue weighted by molar-refractivity contribution is 6.18. The fraction of sp³-hybridized carbons (Fsp3) is 0.259. The molecule has 0 saturated carbocycles. The van der Waals surface area contributed by atoms with Crippen LogP contribution in [-0.4, -0.2) is 37.8 Å². The lowest BCUT2D eigenvalue weighted by molar-refractivity contribution is 0.318. The molecule has 4 rings (SSSR count). The Kier molecular flexibility index (Phi) is 7.35. The number of phenolic OH excluding ortho intramolecular Hbond substituents is 1. The number of fused-ring (bicyclic) bond motifs is 1. The second-order valence-corrected chi connectivity index (χ2v) is 8.11. The fourth-order valence-corrected chi connectivity index (χ4v) is 4.20. The van der Waals surface area contributed by atoms with Gasteiger partial charge in [0, 0.05) is 18.8 Å². The molecular formula is C27H28ClNO3. The van der Waals surface area contributed by atoms with E-state index < -0.39 is 0 Å². The summed E-state index contributed by atoms with van der Waals surface area (Å²) in [6, 6.07) is 21.9. The van der Waals surface area contributed by atoms with E-state index in [1.165, 1.54) is 11.1 Å². The highest BCUT2D eigenvalue weighted by atomic mass is 35.5. The van der Waals surface area contributed by atoms with Gasteiger partial charge in [-0.15, -0.1) is 11.6 Å². The van der Waals surface area contributed by atoms with Gasteiger partial charge in [0.1, 0.15) is 23.9 Å². The largest absolute Gasteiger partial charge is 0.508 e. The lowest BCUT2D eigenvalue weighted by Gasteiger charge is -2.18. The zero-order chi connectivity index (χ0) is 22.3. The Morgan fingerprint density at radius 1 is 1.00 bits per heavy atom. The minimum Gasteiger partial charge on any atom is -0.508 e. The minimum atomic E-state index is 0.245. The van der Waals surface area contributed by atoms with Crippen molar-refractivity contribution in [2.45, 2.75) is 12.8 Å². The molecule has 3 aromatic carbocycles. The van der Waals surface area contributed by atoms with Crippen LogP contribution in [0.1, 0.15) is 28.7 Å². The van der Waals surface area contributed by atoms with Gasteiger partial charge in [0.15, 0.2) is 0 Å². The first kappa shape index (κ1) is 22.3. The number of nitrogens with one attached hydrogen (secondary N) is 1. The Morgan fingerprint density at radius 3 is 2.38 bits per heavy atom. The molecule has 166 valence electrons. The lowest BCUT2D eigenvalue weighted by Crippen LogP contribution is -2.15. The number of aromatic hydroxyl groups is 1. The molecule has 5 heteroatoms. The van der Waals surface area contributed by atoms with Crippen LogP contribution >= 0.6 is 11.6 Å². The topological polar surface area (TPSA) is 50.7 Å². The molecule has 1 aliphatic heterocycles. The monoisotopic (exact) mass is 449 g/mol. The minimum absolute atomic E-state index is 0.245. The summed E-state index contributed by atoms with van der Waals surface area (Å²) in [6.45, 7) is 2.14. The Hall–Kier alpha value is -2.95. The highest BCUT2D eigenvalue weighted by Gasteiger charge is 2.18. The SMILES string of the molecule is CNCCOc1ccc(/C(=C(\CCCl)c2ccc3c(c2)CCO3)c2ccc(O)cc2)cc1. The normalized spacial score (nSPS) is 13.3. The molecule has 3 aromatic rings. The summed E-state index contributed by atoms with van der Waals surface area (Å²) in [5.74, 6) is 2.56. The summed E-state index contributed by atoms with van der Waals surface area (Å²) in [7, 11) is 1.91. The van der Waals surface area contributed by atoms with Crippen molar-refractivity contribution in [1.82, 2.24) is 5.32 Å². The van der Waals surface area contributed by atoms with Crippen LogP contribution in [0.5, 0.6) is 17.2 Å². The van der Waals surface area contributed by atoms with Crippen molar-refractivity contribution < 1.29 is 14.6 Å². The maximum Gasteiger partial charge on any atom is 0.122 e. The van der Waals surface area contributed by atoms with Crippen molar-refractivity contribution in [2.75, 3.05) is 32.7 Å². The van der Waals surface area contributed by atoms with E-state index in [1.54, 1.807) is 12.1 Å². The zero-order valence-corrected chi connectivity index (χ0v) is 19.0. The number of phenols is 1. The van der Waals surface area contributed by atoms with Gasteiger partial charge in [-0.1, -0.05) is 30.3 Å². The fourth-order valence-electron chi connectivity index (χ4n) is 4.01. The van der Waals surface area contributed by atoms with E-state index in [0.717, 1.165) is 59.8 Å². The molecule has 0 radical (unpaired) electrons. The maximum atomic E-state index is 9.84. The molecule has 32 heavy (non-hydrogen) atoms. The van der Waals surface area contributed by atoms with Crippen molar-refractivity contribution in [1.29, 1.82) is 0 Å². The van der Waals surface area contributed by atoms with Crippen LogP contribution in [0, 0.1) is 0 Å². The molecular weight excluding hydrogens is 422 g/mol. The standard InChI is InChI=1S/C27H28ClNO3/c1-29-15-17-31-24-9-4-20(5-10-24)27(19-2-7-23(30)8-3-19)25(12-14-28)21-6-11-26-22(18-21)13-16-32-26/h2-11,18,29-30H,12-17H2,1H3/b27-25+. The molecule has 0 saturated heterocycles. The van der Waals surface area contributed by atoms with E-state index >= 15 is 0 Å². The van der Waals surface area contributed by atoms with Crippen LogP contribution in [0.4, 0.5) is 0 Å². The van der Waals surface area contributed by atoms with E-state index in [2.05, 4.69) is 35.6 Å². The van der Waals surface area contributed by atoms with Crippen LogP contribution in [0.3, 0.4) is 0 Å². The first-order valence-electron chi connectivity index (χ1n) is 10.9. The van der Waals surface area contributed by atoms with Crippen LogP contribution in [0.15, 0.2) is 66.7 Å². The van der Waals surface area contributed by atoms with Crippen molar-refractivity contribution in [3.05, 3.63) is 89.0 Å². The first-order chi connectivity index (χ1) is 15.7. The van der Waals surface area contributed by atoms with Crippen LogP contribution in [-0.2, 0) is 6.42 Å². The number of halogens is 1. The van der Waals surface area contributed by atoms with Gasteiger partial charge in [0.25, 0.3) is 0 Å². The Labute approximate surface area is 194 Å². The van der Waals surface area contributed by atoms with E-state index in [9.17, 15) is 5.11 Å². The van der Waals surface area contributed by atoms with Crippen LogP contribution < -0.4 is 14.8 Å². The van der Waals surface area contributed by atoms with Gasteiger partial charge in [-0.2, -0.15) is 0 Å². The molecule has 0 fully saturated rings. The molecule has 0 atom stereocenters. The van der Waals surface area contributed by atoms with Crippen molar-refractivity contribution in [2.24, 2.45) is 0 Å². The van der Waals surface area contributed by atoms with Crippen molar-refractivity contribution in [3.63, 3.8) is 0 Å². The third-order valence-corrected chi connectivity index (χ3v) is 5.79. The van der Waals surface area contributed by atoms with Crippen molar-refractivity contribution >= 4 is 22.7 Å². The molecule has 0 spiro atoms. The number of alkyl halides is 1. The van der Waals surface area contributed by atoms with Gasteiger partial charge in [0.2, 0.25) is 0 Å². The van der Waals surface area contributed by atoms with Gasteiger partial charge in [-0.05, 0) is 83.3 Å². The second kappa shape index (κ2) is 10.6. The van der Waals surface area contributed by atoms with Gasteiger partial charge in [-0.25, -0.2) is 0 Å². The third kappa shape index (κ3) is 5.09. The number of hydrogen-bond acceptors (Lipinski definition) is 4. The number of benzene rings is 3. The molecule has 0 amide bonds. The number of ether oxygens (including phenoxy) is 2. The van der Waals surface area contributed by atoms with Gasteiger partial charge in [-0.3, -0.25) is 0 Å². The predicted molar refractivity (Wildman–Crippen MR) is 131 cm³/mol. The Balaban J connectivity index is 1.81. The van der Waals surface area contributed by atoms with Crippen LogP contribution in [0.2, 0.25) is 0 Å². The molecule has 0 unspecified atom stereocenters. The number of hydrogen-bond donors (Lipinski definition) is 2. The summed E-state index contributed by atoms with van der Waals surface area (Å²) < 4.78 is 11.5. The van der Waals surface area contributed by atoms with Gasteiger partial charge < -0.3 is 19.9 Å². The Bertz CT molecular complexity index is 1080. The van der Waals surface area contributed by atoms with E-state index in [4.69, 9.17) is 21.1 Å². The number of rotatable bonds is 9. The summed E-state index contributed by atoms with van der Waals surface area (Å²) in [6.07, 6.45) is 1.64. The average Bonchev–Trinajstić information content (AvgIpc) is 3.29. The maximum absolute atomic E-state index is 9.84. The Morgan fingerprint density at radius 2 is 1.69 bits per heavy atom. The summed E-state index contributed by atoms with van der Waals surface area (Å²) in [4.78, 5) is 0. The van der Waals surface area contributed by atoms with Crippen LogP contribution in [0.25, 0.3) is 11.1 Å². The van der Waals surface area contributed by atoms with Gasteiger partial charge in [0.05, 0.1) is 6.61 Å². The molecule has 0 aromatic heterocycles. The second-order valence-electron chi connectivity index (χ2n) is 7.74. The van der Waals surface area contributed by atoms with Gasteiger partial charge >= 0.3 is 0 Å². The smallest absolute Gasteiger partial charge is 0.122 e. The van der Waals surface area contributed by atoms with E-state index in [0.29, 0.717) is 12.5 Å². The summed E-state index contributed by atoms with van der Waals surface area (Å²) in [5, 5.41) is 12.9. The third-order valence-electron chi connectivity index (χ3n) is 5.60. The number of allylic oxidation sites excluding steroid dienone is 1.